The first-order chi connectivity index (χ1) is 13.8. The molecule has 0 saturated carbocycles. The minimum Gasteiger partial charge on any atom is -0.273 e. The van der Waals surface area contributed by atoms with Gasteiger partial charge in [0.1, 0.15) is 0 Å². The summed E-state index contributed by atoms with van der Waals surface area (Å²) in [5.41, 5.74) is 8.30. The molecule has 6 nitrogen and oxygen atoms in total. The predicted octanol–water partition coefficient (Wildman–Crippen LogP) is 4.76. The molecule has 29 heavy (non-hydrogen) atoms. The second-order valence-electron chi connectivity index (χ2n) is 6.33. The standard InChI is InChI=1S/C21H22Br2N4O2/c1-14(16-6-10-18(22)11-7-16)24-26-20(28)4-3-5-21(29)27-25-15(2)17-8-12-19(23)13-9-17/h6-13H,3-5H2,1-2H3,(H,26,28)(H,27,29)/b24-14+,25-15+. The number of hydrazone groups is 2. The number of halogens is 2. The second kappa shape index (κ2) is 11.6. The fraction of sp³-hybridized carbons (Fsp3) is 0.238. The molecule has 2 amide bonds. The molecule has 8 heteroatoms. The summed E-state index contributed by atoms with van der Waals surface area (Å²) in [5, 5.41) is 8.19. The van der Waals surface area contributed by atoms with Gasteiger partial charge in [-0.3, -0.25) is 9.59 Å². The Balaban J connectivity index is 1.71. The summed E-state index contributed by atoms with van der Waals surface area (Å²) in [4.78, 5) is 23.8. The molecule has 0 radical (unpaired) electrons. The Bertz CT molecular complexity index is 832. The Labute approximate surface area is 187 Å². The van der Waals surface area contributed by atoms with Crippen LogP contribution in [0.2, 0.25) is 0 Å². The number of hydrogen-bond donors (Lipinski definition) is 2. The van der Waals surface area contributed by atoms with Crippen LogP contribution in [0, 0.1) is 0 Å². The van der Waals surface area contributed by atoms with Crippen molar-refractivity contribution in [3.63, 3.8) is 0 Å². The molecule has 0 aliphatic rings. The third-order valence-corrected chi connectivity index (χ3v) is 5.09. The van der Waals surface area contributed by atoms with E-state index in [1.165, 1.54) is 0 Å². The van der Waals surface area contributed by atoms with E-state index in [1.807, 2.05) is 62.4 Å². The van der Waals surface area contributed by atoms with Gasteiger partial charge in [0, 0.05) is 21.8 Å². The van der Waals surface area contributed by atoms with Crippen LogP contribution in [0.3, 0.4) is 0 Å². The molecule has 0 aromatic heterocycles. The molecule has 2 rings (SSSR count). The molecule has 0 aliphatic heterocycles. The highest BCUT2D eigenvalue weighted by Gasteiger charge is 2.06. The Morgan fingerprint density at radius 2 is 1.07 bits per heavy atom. The third-order valence-electron chi connectivity index (χ3n) is 4.03. The SMILES string of the molecule is C/C(=N\NC(=O)CCCC(=O)N/N=C(\C)c1ccc(Br)cc1)c1ccc(Br)cc1. The zero-order valence-corrected chi connectivity index (χ0v) is 19.4. The van der Waals surface area contributed by atoms with E-state index < -0.39 is 0 Å². The summed E-state index contributed by atoms with van der Waals surface area (Å²) < 4.78 is 1.96. The average Bonchev–Trinajstić information content (AvgIpc) is 2.71. The lowest BCUT2D eigenvalue weighted by Gasteiger charge is -2.04. The van der Waals surface area contributed by atoms with Crippen molar-refractivity contribution in [2.75, 3.05) is 0 Å². The van der Waals surface area contributed by atoms with Gasteiger partial charge in [0.05, 0.1) is 11.4 Å². The topological polar surface area (TPSA) is 82.9 Å². The molecule has 0 saturated heterocycles. The predicted molar refractivity (Wildman–Crippen MR) is 123 cm³/mol. The average molecular weight is 522 g/mol. The van der Waals surface area contributed by atoms with Crippen molar-refractivity contribution in [1.29, 1.82) is 0 Å². The number of carbonyl (C=O) groups excluding carboxylic acids is 2. The summed E-state index contributed by atoms with van der Waals surface area (Å²) in [7, 11) is 0. The highest BCUT2D eigenvalue weighted by Crippen LogP contribution is 2.12. The van der Waals surface area contributed by atoms with E-state index >= 15 is 0 Å². The first kappa shape index (κ1) is 23.0. The van der Waals surface area contributed by atoms with E-state index in [9.17, 15) is 9.59 Å². The first-order valence-electron chi connectivity index (χ1n) is 9.03. The van der Waals surface area contributed by atoms with E-state index in [0.29, 0.717) is 17.8 Å². The van der Waals surface area contributed by atoms with Gasteiger partial charge in [-0.1, -0.05) is 56.1 Å². The van der Waals surface area contributed by atoms with Crippen molar-refractivity contribution >= 4 is 55.1 Å². The molecular formula is C21H22Br2N4O2. The maximum atomic E-state index is 11.9. The van der Waals surface area contributed by atoms with Crippen LogP contribution in [0.5, 0.6) is 0 Å². The number of carbonyl (C=O) groups is 2. The van der Waals surface area contributed by atoms with Crippen LogP contribution in [0.15, 0.2) is 67.7 Å². The van der Waals surface area contributed by atoms with Crippen LogP contribution in [-0.2, 0) is 9.59 Å². The van der Waals surface area contributed by atoms with Crippen molar-refractivity contribution < 1.29 is 9.59 Å². The largest absolute Gasteiger partial charge is 0.273 e. The Morgan fingerprint density at radius 3 is 1.41 bits per heavy atom. The quantitative estimate of drug-likeness (QED) is 0.387. The van der Waals surface area contributed by atoms with E-state index in [2.05, 4.69) is 52.9 Å². The van der Waals surface area contributed by atoms with Gasteiger partial charge in [-0.2, -0.15) is 10.2 Å². The number of nitrogens with zero attached hydrogens (tertiary/aromatic N) is 2. The molecular weight excluding hydrogens is 500 g/mol. The molecule has 0 atom stereocenters. The Hall–Kier alpha value is -2.32. The first-order valence-corrected chi connectivity index (χ1v) is 10.6. The lowest BCUT2D eigenvalue weighted by Crippen LogP contribution is -2.21. The molecule has 0 heterocycles. The highest BCUT2D eigenvalue weighted by atomic mass is 79.9. The monoisotopic (exact) mass is 520 g/mol. The van der Waals surface area contributed by atoms with Gasteiger partial charge in [0.25, 0.3) is 0 Å². The van der Waals surface area contributed by atoms with Crippen molar-refractivity contribution in [3.05, 3.63) is 68.6 Å². The van der Waals surface area contributed by atoms with E-state index in [0.717, 1.165) is 20.1 Å². The number of nitrogens with one attached hydrogen (secondary N) is 2. The van der Waals surface area contributed by atoms with Crippen LogP contribution in [0.1, 0.15) is 44.2 Å². The molecule has 0 fully saturated rings. The minimum absolute atomic E-state index is 0.208. The van der Waals surface area contributed by atoms with Crippen molar-refractivity contribution in [1.82, 2.24) is 10.9 Å². The lowest BCUT2D eigenvalue weighted by molar-refractivity contribution is -0.122. The van der Waals surface area contributed by atoms with Gasteiger partial charge in [-0.25, -0.2) is 10.9 Å². The van der Waals surface area contributed by atoms with Gasteiger partial charge in [-0.05, 0) is 55.7 Å². The number of hydrogen-bond acceptors (Lipinski definition) is 4. The van der Waals surface area contributed by atoms with Gasteiger partial charge in [-0.15, -0.1) is 0 Å². The van der Waals surface area contributed by atoms with Crippen LogP contribution < -0.4 is 10.9 Å². The maximum absolute atomic E-state index is 11.9. The molecule has 0 aliphatic carbocycles. The van der Waals surface area contributed by atoms with E-state index in [-0.39, 0.29) is 24.7 Å². The number of rotatable bonds is 8. The maximum Gasteiger partial charge on any atom is 0.240 e. The zero-order chi connectivity index (χ0) is 21.2. The van der Waals surface area contributed by atoms with Crippen LogP contribution in [0.25, 0.3) is 0 Å². The second-order valence-corrected chi connectivity index (χ2v) is 8.16. The Morgan fingerprint density at radius 1 is 0.724 bits per heavy atom. The molecule has 0 bridgehead atoms. The zero-order valence-electron chi connectivity index (χ0n) is 16.2. The van der Waals surface area contributed by atoms with Gasteiger partial charge < -0.3 is 0 Å². The molecule has 152 valence electrons. The van der Waals surface area contributed by atoms with Gasteiger partial charge in [0.2, 0.25) is 11.8 Å². The van der Waals surface area contributed by atoms with Crippen LogP contribution >= 0.6 is 31.9 Å². The van der Waals surface area contributed by atoms with Crippen molar-refractivity contribution in [2.45, 2.75) is 33.1 Å². The summed E-state index contributed by atoms with van der Waals surface area (Å²) >= 11 is 6.76. The van der Waals surface area contributed by atoms with Gasteiger partial charge >= 0.3 is 0 Å². The van der Waals surface area contributed by atoms with Crippen molar-refractivity contribution in [3.8, 4) is 0 Å². The van der Waals surface area contributed by atoms with Crippen LogP contribution in [-0.4, -0.2) is 23.2 Å². The fourth-order valence-corrected chi connectivity index (χ4v) is 2.85. The normalized spacial score (nSPS) is 11.9. The summed E-state index contributed by atoms with van der Waals surface area (Å²) in [6.45, 7) is 3.64. The van der Waals surface area contributed by atoms with Gasteiger partial charge in [0.15, 0.2) is 0 Å². The van der Waals surface area contributed by atoms with E-state index in [1.54, 1.807) is 0 Å². The van der Waals surface area contributed by atoms with E-state index in [4.69, 9.17) is 0 Å². The number of benzene rings is 2. The summed E-state index contributed by atoms with van der Waals surface area (Å²) in [5.74, 6) is -0.465. The molecule has 2 aromatic carbocycles. The molecule has 0 spiro atoms. The highest BCUT2D eigenvalue weighted by molar-refractivity contribution is 9.10. The molecule has 0 unspecified atom stereocenters. The fourth-order valence-electron chi connectivity index (χ4n) is 2.32. The summed E-state index contributed by atoms with van der Waals surface area (Å²) in [6.07, 6.45) is 0.831. The molecule has 2 aromatic rings. The third kappa shape index (κ3) is 8.29. The molecule has 2 N–H and O–H groups in total. The lowest BCUT2D eigenvalue weighted by atomic mass is 10.1. The Kier molecular flexibility index (Phi) is 9.21. The smallest absolute Gasteiger partial charge is 0.240 e. The summed E-state index contributed by atoms with van der Waals surface area (Å²) in [6, 6.07) is 15.3. The van der Waals surface area contributed by atoms with Crippen LogP contribution in [0.4, 0.5) is 0 Å². The minimum atomic E-state index is -0.233. The number of amides is 2. The van der Waals surface area contributed by atoms with Crippen molar-refractivity contribution in [2.24, 2.45) is 10.2 Å².